The molecule has 0 saturated heterocycles. The molecule has 0 saturated carbocycles. The number of ether oxygens (including phenoxy) is 1. The van der Waals surface area contributed by atoms with Crippen LogP contribution in [-0.4, -0.2) is 23.3 Å². The summed E-state index contributed by atoms with van der Waals surface area (Å²) >= 11 is 0. The number of benzene rings is 1. The lowest BCUT2D eigenvalue weighted by Gasteiger charge is -2.21. The van der Waals surface area contributed by atoms with Crippen molar-refractivity contribution in [2.45, 2.75) is 52.7 Å². The Morgan fingerprint density at radius 2 is 1.70 bits per heavy atom. The van der Waals surface area contributed by atoms with Gasteiger partial charge >= 0.3 is 0 Å². The molecule has 1 aromatic rings. The second-order valence-corrected chi connectivity index (χ2v) is 5.93. The van der Waals surface area contributed by atoms with Crippen molar-refractivity contribution in [1.82, 2.24) is 5.32 Å². The lowest BCUT2D eigenvalue weighted by molar-refractivity contribution is -0.125. The molecule has 0 aromatic heterocycles. The van der Waals surface area contributed by atoms with E-state index in [1.165, 1.54) is 13.8 Å². The minimum absolute atomic E-state index is 0.0461. The number of nitrogens with one attached hydrogen (secondary N) is 1. The maximum atomic E-state index is 11.5. The van der Waals surface area contributed by atoms with Gasteiger partial charge in [0.1, 0.15) is 11.4 Å². The van der Waals surface area contributed by atoms with E-state index in [2.05, 4.69) is 5.32 Å². The maximum Gasteiger partial charge on any atom is 0.217 e. The standard InChI is InChI=1S/C16H23NO3/c1-11(18)15(17-12(2)19)10-13-6-8-14(9-7-13)20-16(3,4)5/h6-9,15H,10H2,1-5H3,(H,17,19)/t15-/m0/s1. The van der Waals surface area contributed by atoms with Crippen molar-refractivity contribution in [2.24, 2.45) is 0 Å². The zero-order valence-corrected chi connectivity index (χ0v) is 12.8. The van der Waals surface area contributed by atoms with Crippen molar-refractivity contribution in [3.8, 4) is 5.75 Å². The highest BCUT2D eigenvalue weighted by Gasteiger charge is 2.16. The molecular weight excluding hydrogens is 254 g/mol. The first-order valence-corrected chi connectivity index (χ1v) is 6.73. The molecule has 1 rings (SSSR count). The third-order valence-electron chi connectivity index (χ3n) is 2.66. The Hall–Kier alpha value is -1.84. The number of carbonyl (C=O) groups is 2. The van der Waals surface area contributed by atoms with Crippen LogP contribution in [0.2, 0.25) is 0 Å². The number of carbonyl (C=O) groups excluding carboxylic acids is 2. The number of rotatable bonds is 5. The zero-order valence-electron chi connectivity index (χ0n) is 12.8. The van der Waals surface area contributed by atoms with E-state index in [9.17, 15) is 9.59 Å². The largest absolute Gasteiger partial charge is 0.488 e. The van der Waals surface area contributed by atoms with Crippen LogP contribution in [-0.2, 0) is 16.0 Å². The van der Waals surface area contributed by atoms with Gasteiger partial charge in [-0.3, -0.25) is 9.59 Å². The third kappa shape index (κ3) is 5.87. The number of hydrogen-bond donors (Lipinski definition) is 1. The molecule has 0 aliphatic heterocycles. The first kappa shape index (κ1) is 16.2. The molecule has 0 aliphatic carbocycles. The molecule has 1 amide bonds. The summed E-state index contributed by atoms with van der Waals surface area (Å²) in [5.74, 6) is 0.549. The quantitative estimate of drug-likeness (QED) is 0.899. The zero-order chi connectivity index (χ0) is 15.3. The molecule has 4 heteroatoms. The van der Waals surface area contributed by atoms with Crippen LogP contribution in [0.25, 0.3) is 0 Å². The average molecular weight is 277 g/mol. The fourth-order valence-electron chi connectivity index (χ4n) is 1.82. The highest BCUT2D eigenvalue weighted by atomic mass is 16.5. The molecule has 0 spiro atoms. The van der Waals surface area contributed by atoms with Crippen LogP contribution in [0.15, 0.2) is 24.3 Å². The molecule has 4 nitrogen and oxygen atoms in total. The summed E-state index contributed by atoms with van der Waals surface area (Å²) < 4.78 is 5.74. The molecule has 0 heterocycles. The summed E-state index contributed by atoms with van der Waals surface area (Å²) in [5, 5.41) is 2.66. The van der Waals surface area contributed by atoms with E-state index in [0.717, 1.165) is 11.3 Å². The molecular formula is C16H23NO3. The van der Waals surface area contributed by atoms with Gasteiger partial charge in [0.25, 0.3) is 0 Å². The lowest BCUT2D eigenvalue weighted by atomic mass is 10.0. The number of Topliss-reactive ketones (excluding diaryl/α,β-unsaturated/α-hetero) is 1. The molecule has 0 bridgehead atoms. The fourth-order valence-corrected chi connectivity index (χ4v) is 1.82. The first-order valence-electron chi connectivity index (χ1n) is 6.73. The van der Waals surface area contributed by atoms with Gasteiger partial charge in [-0.1, -0.05) is 12.1 Å². The van der Waals surface area contributed by atoms with E-state index in [4.69, 9.17) is 4.74 Å². The van der Waals surface area contributed by atoms with Crippen LogP contribution in [0.1, 0.15) is 40.2 Å². The Labute approximate surface area is 120 Å². The van der Waals surface area contributed by atoms with Crippen LogP contribution in [0, 0.1) is 0 Å². The predicted octanol–water partition coefficient (Wildman–Crippen LogP) is 2.50. The van der Waals surface area contributed by atoms with E-state index < -0.39 is 6.04 Å². The van der Waals surface area contributed by atoms with Gasteiger partial charge in [0, 0.05) is 6.92 Å². The Balaban J connectivity index is 2.72. The van der Waals surface area contributed by atoms with Gasteiger partial charge < -0.3 is 10.1 Å². The maximum absolute atomic E-state index is 11.5. The summed E-state index contributed by atoms with van der Waals surface area (Å²) in [6.45, 7) is 8.87. The third-order valence-corrected chi connectivity index (χ3v) is 2.66. The molecule has 0 radical (unpaired) electrons. The van der Waals surface area contributed by atoms with Gasteiger partial charge in [0.15, 0.2) is 5.78 Å². The van der Waals surface area contributed by atoms with Crippen LogP contribution in [0.5, 0.6) is 5.75 Å². The predicted molar refractivity (Wildman–Crippen MR) is 78.8 cm³/mol. The van der Waals surface area contributed by atoms with Crippen molar-refractivity contribution >= 4 is 11.7 Å². The van der Waals surface area contributed by atoms with E-state index >= 15 is 0 Å². The Kier molecular flexibility index (Phi) is 5.31. The second-order valence-electron chi connectivity index (χ2n) is 5.93. The molecule has 0 aliphatic rings. The molecule has 1 aromatic carbocycles. The number of ketones is 1. The first-order chi connectivity index (χ1) is 9.17. The molecule has 110 valence electrons. The van der Waals surface area contributed by atoms with Crippen LogP contribution >= 0.6 is 0 Å². The highest BCUT2D eigenvalue weighted by Crippen LogP contribution is 2.19. The lowest BCUT2D eigenvalue weighted by Crippen LogP contribution is -2.40. The topological polar surface area (TPSA) is 55.4 Å². The second kappa shape index (κ2) is 6.55. The van der Waals surface area contributed by atoms with Crippen molar-refractivity contribution < 1.29 is 14.3 Å². The van der Waals surface area contributed by atoms with E-state index in [0.29, 0.717) is 6.42 Å². The van der Waals surface area contributed by atoms with Gasteiger partial charge in [-0.15, -0.1) is 0 Å². The van der Waals surface area contributed by atoms with Gasteiger partial charge in [-0.05, 0) is 51.8 Å². The molecule has 1 atom stereocenters. The van der Waals surface area contributed by atoms with Crippen molar-refractivity contribution in [1.29, 1.82) is 0 Å². The molecule has 0 unspecified atom stereocenters. The minimum Gasteiger partial charge on any atom is -0.488 e. The van der Waals surface area contributed by atoms with E-state index in [-0.39, 0.29) is 17.3 Å². The van der Waals surface area contributed by atoms with Crippen LogP contribution < -0.4 is 10.1 Å². The summed E-state index contributed by atoms with van der Waals surface area (Å²) in [5.41, 5.74) is 0.750. The van der Waals surface area contributed by atoms with Gasteiger partial charge in [0.05, 0.1) is 6.04 Å². The minimum atomic E-state index is -0.470. The Morgan fingerprint density at radius 3 is 2.10 bits per heavy atom. The monoisotopic (exact) mass is 277 g/mol. The van der Waals surface area contributed by atoms with Crippen molar-refractivity contribution in [2.75, 3.05) is 0 Å². The summed E-state index contributed by atoms with van der Waals surface area (Å²) in [6.07, 6.45) is 0.491. The average Bonchev–Trinajstić information content (AvgIpc) is 2.28. The normalized spacial score (nSPS) is 12.7. The summed E-state index contributed by atoms with van der Waals surface area (Å²) in [7, 11) is 0. The highest BCUT2D eigenvalue weighted by molar-refractivity contribution is 5.86. The van der Waals surface area contributed by atoms with Crippen LogP contribution in [0.3, 0.4) is 0 Å². The van der Waals surface area contributed by atoms with Gasteiger partial charge in [0.2, 0.25) is 5.91 Å². The van der Waals surface area contributed by atoms with Crippen molar-refractivity contribution in [3.63, 3.8) is 0 Å². The van der Waals surface area contributed by atoms with Crippen molar-refractivity contribution in [3.05, 3.63) is 29.8 Å². The SMILES string of the molecule is CC(=O)N[C@@H](Cc1ccc(OC(C)(C)C)cc1)C(C)=O. The van der Waals surface area contributed by atoms with E-state index in [1.54, 1.807) is 0 Å². The number of amides is 1. The van der Waals surface area contributed by atoms with Gasteiger partial charge in [-0.25, -0.2) is 0 Å². The number of hydrogen-bond acceptors (Lipinski definition) is 3. The summed E-state index contributed by atoms with van der Waals surface area (Å²) in [4.78, 5) is 22.6. The molecule has 20 heavy (non-hydrogen) atoms. The Bertz CT molecular complexity index is 471. The van der Waals surface area contributed by atoms with Crippen LogP contribution in [0.4, 0.5) is 0 Å². The fraction of sp³-hybridized carbons (Fsp3) is 0.500. The molecule has 1 N–H and O–H groups in total. The molecule has 0 fully saturated rings. The Morgan fingerprint density at radius 1 is 1.15 bits per heavy atom. The van der Waals surface area contributed by atoms with Gasteiger partial charge in [-0.2, -0.15) is 0 Å². The van der Waals surface area contributed by atoms with E-state index in [1.807, 2.05) is 45.0 Å². The smallest absolute Gasteiger partial charge is 0.217 e. The summed E-state index contributed by atoms with van der Waals surface area (Å²) in [6, 6.07) is 7.12.